The summed E-state index contributed by atoms with van der Waals surface area (Å²) in [6.45, 7) is 3.86. The molecule has 0 spiro atoms. The molecule has 0 aliphatic rings. The summed E-state index contributed by atoms with van der Waals surface area (Å²) in [4.78, 5) is 62.0. The highest BCUT2D eigenvalue weighted by Gasteiger charge is 2.32. The van der Waals surface area contributed by atoms with E-state index in [9.17, 15) is 29.1 Å². The summed E-state index contributed by atoms with van der Waals surface area (Å²) >= 11 is 0. The molecule has 10 N–H and O–H groups in total. The standard InChI is InChI=1S/C25H40N6O6/c1-3-15(2)21(25(36)37)31-23(34)18(11-7-8-12-26)29-24(35)19(14-20(28)32)30-22(33)17(27)13-16-9-5-4-6-10-16/h4-6,9-10,15,17-19,21H,3,7-8,11-14,26-27H2,1-2H3,(H2,28,32)(H,29,35)(H,30,33)(H,31,34)(H,36,37). The van der Waals surface area contributed by atoms with Gasteiger partial charge >= 0.3 is 5.97 Å². The van der Waals surface area contributed by atoms with E-state index in [-0.39, 0.29) is 18.8 Å². The number of hydrogen-bond donors (Lipinski definition) is 7. The smallest absolute Gasteiger partial charge is 0.326 e. The van der Waals surface area contributed by atoms with Gasteiger partial charge in [-0.2, -0.15) is 0 Å². The van der Waals surface area contributed by atoms with Crippen LogP contribution in [0.3, 0.4) is 0 Å². The van der Waals surface area contributed by atoms with Crippen LogP contribution in [0.25, 0.3) is 0 Å². The number of aliphatic carboxylic acids is 1. The first kappa shape index (κ1) is 31.5. The number of rotatable bonds is 17. The lowest BCUT2D eigenvalue weighted by Crippen LogP contribution is -2.58. The van der Waals surface area contributed by atoms with Gasteiger partial charge in [0.1, 0.15) is 18.1 Å². The third-order valence-corrected chi connectivity index (χ3v) is 6.03. The minimum Gasteiger partial charge on any atom is -0.480 e. The molecule has 0 bridgehead atoms. The second-order valence-corrected chi connectivity index (χ2v) is 9.08. The molecule has 4 amide bonds. The van der Waals surface area contributed by atoms with Gasteiger partial charge in [-0.25, -0.2) is 4.79 Å². The molecule has 0 aliphatic carbocycles. The number of primary amides is 1. The van der Waals surface area contributed by atoms with Gasteiger partial charge in [0, 0.05) is 0 Å². The third kappa shape index (κ3) is 11.4. The summed E-state index contributed by atoms with van der Waals surface area (Å²) < 4.78 is 0. The molecule has 37 heavy (non-hydrogen) atoms. The molecule has 5 atom stereocenters. The number of nitrogens with one attached hydrogen (secondary N) is 3. The van der Waals surface area contributed by atoms with Crippen LogP contribution in [-0.2, 0) is 30.4 Å². The Labute approximate surface area is 217 Å². The van der Waals surface area contributed by atoms with Crippen LogP contribution in [0.15, 0.2) is 30.3 Å². The van der Waals surface area contributed by atoms with Crippen LogP contribution in [0, 0.1) is 5.92 Å². The lowest BCUT2D eigenvalue weighted by atomic mass is 9.98. The fourth-order valence-corrected chi connectivity index (χ4v) is 3.62. The molecule has 1 aromatic rings. The topological polar surface area (TPSA) is 220 Å². The first-order chi connectivity index (χ1) is 17.5. The van der Waals surface area contributed by atoms with E-state index in [4.69, 9.17) is 17.2 Å². The van der Waals surface area contributed by atoms with Gasteiger partial charge in [0.2, 0.25) is 23.6 Å². The molecule has 1 rings (SSSR count). The highest BCUT2D eigenvalue weighted by Crippen LogP contribution is 2.10. The molecule has 206 valence electrons. The van der Waals surface area contributed by atoms with Crippen LogP contribution in [0.5, 0.6) is 0 Å². The SMILES string of the molecule is CCC(C)C(NC(=O)C(CCCCN)NC(=O)C(CC(N)=O)NC(=O)C(N)Cc1ccccc1)C(=O)O. The Kier molecular flexibility index (Phi) is 13.9. The van der Waals surface area contributed by atoms with E-state index < -0.39 is 60.2 Å². The fraction of sp³-hybridized carbons (Fsp3) is 0.560. The fourth-order valence-electron chi connectivity index (χ4n) is 3.62. The Morgan fingerprint density at radius 3 is 2.05 bits per heavy atom. The molecule has 0 saturated carbocycles. The number of carboxylic acid groups (broad SMARTS) is 1. The molecule has 0 radical (unpaired) electrons. The summed E-state index contributed by atoms with van der Waals surface area (Å²) in [5.41, 5.74) is 17.6. The van der Waals surface area contributed by atoms with Crippen LogP contribution >= 0.6 is 0 Å². The van der Waals surface area contributed by atoms with Crippen molar-refractivity contribution in [2.75, 3.05) is 6.54 Å². The van der Waals surface area contributed by atoms with Gasteiger partial charge in [-0.05, 0) is 43.7 Å². The van der Waals surface area contributed by atoms with E-state index in [1.807, 2.05) is 6.07 Å². The van der Waals surface area contributed by atoms with Crippen molar-refractivity contribution in [1.29, 1.82) is 0 Å². The molecule has 0 fully saturated rings. The maximum absolute atomic E-state index is 13.1. The molecule has 5 unspecified atom stereocenters. The lowest BCUT2D eigenvalue weighted by molar-refractivity contribution is -0.144. The zero-order valence-corrected chi connectivity index (χ0v) is 21.4. The van der Waals surface area contributed by atoms with E-state index in [1.54, 1.807) is 38.1 Å². The number of nitrogens with two attached hydrogens (primary N) is 3. The zero-order chi connectivity index (χ0) is 28.0. The predicted octanol–water partition coefficient (Wildman–Crippen LogP) is -0.854. The van der Waals surface area contributed by atoms with Gasteiger partial charge < -0.3 is 38.3 Å². The normalized spacial score (nSPS) is 14.9. The highest BCUT2D eigenvalue weighted by atomic mass is 16.4. The molecule has 12 heteroatoms. The number of carbonyl (C=O) groups is 5. The first-order valence-corrected chi connectivity index (χ1v) is 12.4. The average Bonchev–Trinajstić information content (AvgIpc) is 2.85. The molecule has 0 saturated heterocycles. The Bertz CT molecular complexity index is 912. The van der Waals surface area contributed by atoms with Crippen LogP contribution < -0.4 is 33.2 Å². The number of unbranched alkanes of at least 4 members (excludes halogenated alkanes) is 1. The highest BCUT2D eigenvalue weighted by molar-refractivity contribution is 5.96. The molecule has 0 heterocycles. The van der Waals surface area contributed by atoms with E-state index in [0.717, 1.165) is 5.56 Å². The van der Waals surface area contributed by atoms with Crippen molar-refractivity contribution in [3.8, 4) is 0 Å². The van der Waals surface area contributed by atoms with Gasteiger partial charge in [-0.15, -0.1) is 0 Å². The van der Waals surface area contributed by atoms with Crippen molar-refractivity contribution in [2.24, 2.45) is 23.1 Å². The summed E-state index contributed by atoms with van der Waals surface area (Å²) in [7, 11) is 0. The zero-order valence-electron chi connectivity index (χ0n) is 21.4. The van der Waals surface area contributed by atoms with Crippen molar-refractivity contribution in [3.63, 3.8) is 0 Å². The quantitative estimate of drug-likeness (QED) is 0.128. The van der Waals surface area contributed by atoms with Crippen LogP contribution in [0.4, 0.5) is 0 Å². The maximum Gasteiger partial charge on any atom is 0.326 e. The van der Waals surface area contributed by atoms with Gasteiger partial charge in [-0.3, -0.25) is 19.2 Å². The molecule has 12 nitrogen and oxygen atoms in total. The van der Waals surface area contributed by atoms with Crippen molar-refractivity contribution < 1.29 is 29.1 Å². The Morgan fingerprint density at radius 1 is 0.919 bits per heavy atom. The second kappa shape index (κ2) is 16.3. The second-order valence-electron chi connectivity index (χ2n) is 9.08. The summed E-state index contributed by atoms with van der Waals surface area (Å²) in [5, 5.41) is 17.0. The van der Waals surface area contributed by atoms with Crippen molar-refractivity contribution in [3.05, 3.63) is 35.9 Å². The summed E-state index contributed by atoms with van der Waals surface area (Å²) in [6.07, 6.45) is 1.42. The first-order valence-electron chi connectivity index (χ1n) is 12.4. The van der Waals surface area contributed by atoms with E-state index in [0.29, 0.717) is 25.8 Å². The summed E-state index contributed by atoms with van der Waals surface area (Å²) in [5.74, 6) is -4.57. The largest absolute Gasteiger partial charge is 0.480 e. The minimum atomic E-state index is -1.37. The van der Waals surface area contributed by atoms with Gasteiger partial charge in [0.15, 0.2) is 0 Å². The van der Waals surface area contributed by atoms with E-state index >= 15 is 0 Å². The van der Waals surface area contributed by atoms with Crippen LogP contribution in [0.1, 0.15) is 51.5 Å². The number of hydrogen-bond acceptors (Lipinski definition) is 7. The van der Waals surface area contributed by atoms with E-state index in [1.165, 1.54) is 0 Å². The van der Waals surface area contributed by atoms with Crippen LogP contribution in [0.2, 0.25) is 0 Å². The van der Waals surface area contributed by atoms with Crippen molar-refractivity contribution >= 4 is 29.6 Å². The minimum absolute atomic E-state index is 0.173. The molecular weight excluding hydrogens is 480 g/mol. The monoisotopic (exact) mass is 520 g/mol. The number of amides is 4. The number of carbonyl (C=O) groups excluding carboxylic acids is 4. The molecule has 1 aromatic carbocycles. The van der Waals surface area contributed by atoms with Crippen molar-refractivity contribution in [1.82, 2.24) is 16.0 Å². The summed E-state index contributed by atoms with van der Waals surface area (Å²) in [6, 6.07) is 4.39. The van der Waals surface area contributed by atoms with Gasteiger partial charge in [0.05, 0.1) is 12.5 Å². The van der Waals surface area contributed by atoms with Crippen LogP contribution in [-0.4, -0.2) is 65.4 Å². The van der Waals surface area contributed by atoms with E-state index in [2.05, 4.69) is 16.0 Å². The molecule has 0 aliphatic heterocycles. The maximum atomic E-state index is 13.1. The predicted molar refractivity (Wildman–Crippen MR) is 138 cm³/mol. The van der Waals surface area contributed by atoms with Crippen molar-refractivity contribution in [2.45, 2.75) is 76.5 Å². The number of carboxylic acids is 1. The van der Waals surface area contributed by atoms with Gasteiger partial charge in [-0.1, -0.05) is 50.6 Å². The lowest BCUT2D eigenvalue weighted by Gasteiger charge is -2.26. The Hall–Kier alpha value is -3.51. The Balaban J connectivity index is 2.99. The number of benzene rings is 1. The Morgan fingerprint density at radius 2 is 1.51 bits per heavy atom. The van der Waals surface area contributed by atoms with Gasteiger partial charge in [0.25, 0.3) is 0 Å². The third-order valence-electron chi connectivity index (χ3n) is 6.03. The molecule has 0 aromatic heterocycles. The molecular formula is C25H40N6O6. The average molecular weight is 521 g/mol.